The molecule has 2 atom stereocenters. The van der Waals surface area contributed by atoms with E-state index >= 15 is 0 Å². The summed E-state index contributed by atoms with van der Waals surface area (Å²) in [5, 5.41) is 0. The van der Waals surface area contributed by atoms with Gasteiger partial charge in [-0.2, -0.15) is 0 Å². The van der Waals surface area contributed by atoms with Crippen LogP contribution in [0, 0.1) is 0 Å². The standard InChI is InChI=1S/C7H14F2/c1-3-5-7(9)6(8)4-2/h6-7H,3-5H2,1-2H3/t6?,7-/m0/s1. The minimum absolute atomic E-state index is 0.293. The first-order valence-electron chi connectivity index (χ1n) is 3.50. The van der Waals surface area contributed by atoms with Gasteiger partial charge in [-0.3, -0.25) is 0 Å². The zero-order valence-electron chi connectivity index (χ0n) is 6.03. The van der Waals surface area contributed by atoms with Gasteiger partial charge >= 0.3 is 0 Å². The molecule has 0 aromatic heterocycles. The van der Waals surface area contributed by atoms with Crippen LogP contribution in [-0.2, 0) is 0 Å². The molecule has 0 aliphatic rings. The number of halogens is 2. The molecule has 0 aliphatic heterocycles. The molecule has 0 saturated carbocycles. The maximum atomic E-state index is 12.4. The molecule has 1 unspecified atom stereocenters. The van der Waals surface area contributed by atoms with E-state index in [0.717, 1.165) is 6.42 Å². The quantitative estimate of drug-likeness (QED) is 0.557. The average molecular weight is 136 g/mol. The topological polar surface area (TPSA) is 0 Å². The van der Waals surface area contributed by atoms with Gasteiger partial charge in [-0.15, -0.1) is 0 Å². The van der Waals surface area contributed by atoms with Crippen molar-refractivity contribution in [3.05, 3.63) is 0 Å². The smallest absolute Gasteiger partial charge is 0.131 e. The molecule has 2 heteroatoms. The van der Waals surface area contributed by atoms with Crippen LogP contribution in [0.2, 0.25) is 0 Å². The van der Waals surface area contributed by atoms with Crippen LogP contribution >= 0.6 is 0 Å². The second-order valence-electron chi connectivity index (χ2n) is 2.23. The van der Waals surface area contributed by atoms with Gasteiger partial charge in [-0.1, -0.05) is 20.3 Å². The fraction of sp³-hybridized carbons (Fsp3) is 1.00. The number of alkyl halides is 2. The molecular weight excluding hydrogens is 122 g/mol. The first-order valence-corrected chi connectivity index (χ1v) is 3.50. The van der Waals surface area contributed by atoms with Gasteiger partial charge in [-0.25, -0.2) is 8.78 Å². The molecule has 0 nitrogen and oxygen atoms in total. The average Bonchev–Trinajstić information content (AvgIpc) is 1.87. The van der Waals surface area contributed by atoms with Crippen molar-refractivity contribution in [1.29, 1.82) is 0 Å². The lowest BCUT2D eigenvalue weighted by molar-refractivity contribution is 0.153. The van der Waals surface area contributed by atoms with Gasteiger partial charge in [0.15, 0.2) is 0 Å². The molecule has 0 aromatic rings. The van der Waals surface area contributed by atoms with Crippen molar-refractivity contribution in [3.63, 3.8) is 0 Å². The maximum absolute atomic E-state index is 12.4. The third-order valence-corrected chi connectivity index (χ3v) is 1.35. The molecule has 56 valence electrons. The Morgan fingerprint density at radius 2 is 1.67 bits per heavy atom. The highest BCUT2D eigenvalue weighted by Crippen LogP contribution is 2.12. The second-order valence-corrected chi connectivity index (χ2v) is 2.23. The first kappa shape index (κ1) is 8.86. The molecule has 0 amide bonds. The molecule has 0 radical (unpaired) electrons. The maximum Gasteiger partial charge on any atom is 0.131 e. The van der Waals surface area contributed by atoms with Crippen molar-refractivity contribution >= 4 is 0 Å². The van der Waals surface area contributed by atoms with Gasteiger partial charge in [0.05, 0.1) is 0 Å². The summed E-state index contributed by atoms with van der Waals surface area (Å²) in [5.74, 6) is 0. The normalized spacial score (nSPS) is 17.3. The van der Waals surface area contributed by atoms with Crippen LogP contribution < -0.4 is 0 Å². The highest BCUT2D eigenvalue weighted by molar-refractivity contribution is 4.64. The Morgan fingerprint density at radius 1 is 1.11 bits per heavy atom. The van der Waals surface area contributed by atoms with Gasteiger partial charge < -0.3 is 0 Å². The minimum atomic E-state index is -1.25. The number of hydrogen-bond donors (Lipinski definition) is 0. The SMILES string of the molecule is CCC[C@H](F)C(F)CC. The van der Waals surface area contributed by atoms with Crippen molar-refractivity contribution in [2.45, 2.75) is 45.5 Å². The summed E-state index contributed by atoms with van der Waals surface area (Å²) in [7, 11) is 0. The molecule has 0 aromatic carbocycles. The molecule has 0 heterocycles. The number of hydrogen-bond acceptors (Lipinski definition) is 0. The molecule has 0 aliphatic carbocycles. The monoisotopic (exact) mass is 136 g/mol. The van der Waals surface area contributed by atoms with Crippen LogP contribution in [0.5, 0.6) is 0 Å². The van der Waals surface area contributed by atoms with Gasteiger partial charge in [0.2, 0.25) is 0 Å². The van der Waals surface area contributed by atoms with Crippen LogP contribution in [0.25, 0.3) is 0 Å². The fourth-order valence-corrected chi connectivity index (χ4v) is 0.712. The Morgan fingerprint density at radius 3 is 2.00 bits per heavy atom. The summed E-state index contributed by atoms with van der Waals surface area (Å²) in [6.45, 7) is 3.52. The van der Waals surface area contributed by atoms with E-state index in [2.05, 4.69) is 0 Å². The van der Waals surface area contributed by atoms with Crippen molar-refractivity contribution in [2.24, 2.45) is 0 Å². The van der Waals surface area contributed by atoms with E-state index < -0.39 is 12.3 Å². The van der Waals surface area contributed by atoms with E-state index in [-0.39, 0.29) is 0 Å². The highest BCUT2D eigenvalue weighted by atomic mass is 19.2. The van der Waals surface area contributed by atoms with Crippen LogP contribution in [0.15, 0.2) is 0 Å². The van der Waals surface area contributed by atoms with Gasteiger partial charge in [0.1, 0.15) is 12.3 Å². The summed E-state index contributed by atoms with van der Waals surface area (Å²) in [5.41, 5.74) is 0. The van der Waals surface area contributed by atoms with Crippen LogP contribution in [0.1, 0.15) is 33.1 Å². The van der Waals surface area contributed by atoms with Crippen LogP contribution in [0.3, 0.4) is 0 Å². The van der Waals surface area contributed by atoms with E-state index in [1.165, 1.54) is 0 Å². The van der Waals surface area contributed by atoms with Crippen molar-refractivity contribution in [3.8, 4) is 0 Å². The third kappa shape index (κ3) is 3.44. The fourth-order valence-electron chi connectivity index (χ4n) is 0.712. The van der Waals surface area contributed by atoms with Gasteiger partial charge in [0.25, 0.3) is 0 Å². The lowest BCUT2D eigenvalue weighted by Crippen LogP contribution is -2.15. The van der Waals surface area contributed by atoms with E-state index in [0.29, 0.717) is 12.8 Å². The molecular formula is C7H14F2. The summed E-state index contributed by atoms with van der Waals surface area (Å²) in [6.07, 6.45) is -1.11. The van der Waals surface area contributed by atoms with E-state index in [4.69, 9.17) is 0 Å². The molecule has 9 heavy (non-hydrogen) atoms. The Hall–Kier alpha value is -0.140. The summed E-state index contributed by atoms with van der Waals surface area (Å²) >= 11 is 0. The predicted octanol–water partition coefficient (Wildman–Crippen LogP) is 2.87. The Bertz CT molecular complexity index is 63.9. The Balaban J connectivity index is 3.32. The second kappa shape index (κ2) is 4.71. The van der Waals surface area contributed by atoms with Gasteiger partial charge in [0, 0.05) is 0 Å². The van der Waals surface area contributed by atoms with Crippen LogP contribution in [0.4, 0.5) is 8.78 Å². The largest absolute Gasteiger partial charge is 0.244 e. The zero-order valence-corrected chi connectivity index (χ0v) is 6.03. The van der Waals surface area contributed by atoms with Crippen molar-refractivity contribution in [2.75, 3.05) is 0 Å². The molecule has 0 bridgehead atoms. The third-order valence-electron chi connectivity index (χ3n) is 1.35. The Kier molecular flexibility index (Phi) is 4.64. The summed E-state index contributed by atoms with van der Waals surface area (Å²) < 4.78 is 24.8. The first-order chi connectivity index (χ1) is 4.22. The highest BCUT2D eigenvalue weighted by Gasteiger charge is 2.16. The summed E-state index contributed by atoms with van der Waals surface area (Å²) in [4.78, 5) is 0. The minimum Gasteiger partial charge on any atom is -0.244 e. The Labute approximate surface area is 55.3 Å². The van der Waals surface area contributed by atoms with Crippen LogP contribution in [-0.4, -0.2) is 12.3 Å². The lowest BCUT2D eigenvalue weighted by Gasteiger charge is -2.08. The predicted molar refractivity (Wildman–Crippen MR) is 35.0 cm³/mol. The molecule has 0 rings (SSSR count). The summed E-state index contributed by atoms with van der Waals surface area (Å²) in [6, 6.07) is 0. The van der Waals surface area contributed by atoms with E-state index in [1.807, 2.05) is 6.92 Å². The molecule has 0 spiro atoms. The van der Waals surface area contributed by atoms with E-state index in [1.54, 1.807) is 6.92 Å². The molecule has 0 saturated heterocycles. The molecule has 0 fully saturated rings. The van der Waals surface area contributed by atoms with Crippen molar-refractivity contribution in [1.82, 2.24) is 0 Å². The van der Waals surface area contributed by atoms with E-state index in [9.17, 15) is 8.78 Å². The van der Waals surface area contributed by atoms with Gasteiger partial charge in [-0.05, 0) is 12.8 Å². The zero-order chi connectivity index (χ0) is 7.28. The number of rotatable bonds is 4. The van der Waals surface area contributed by atoms with Crippen molar-refractivity contribution < 1.29 is 8.78 Å². The molecule has 0 N–H and O–H groups in total. The lowest BCUT2D eigenvalue weighted by atomic mass is 10.1.